The lowest BCUT2D eigenvalue weighted by molar-refractivity contribution is 0.0745. The number of phenols is 2. The SMILES string of the molecule is O=C1CC(c2ccc(O)cc2)Oc2cc(ONC3CCC(O)CC3)cc(O)c21. The van der Waals surface area contributed by atoms with Crippen molar-refractivity contribution < 1.29 is 29.7 Å². The van der Waals surface area contributed by atoms with E-state index in [1.165, 1.54) is 6.07 Å². The number of fused-ring (bicyclic) bond motifs is 1. The Bertz CT molecular complexity index is 858. The number of benzene rings is 2. The Morgan fingerprint density at radius 2 is 1.75 bits per heavy atom. The second-order valence-electron chi connectivity index (χ2n) is 7.37. The summed E-state index contributed by atoms with van der Waals surface area (Å²) < 4.78 is 5.95. The first-order valence-electron chi connectivity index (χ1n) is 9.46. The van der Waals surface area contributed by atoms with Crippen LogP contribution in [0.1, 0.15) is 54.1 Å². The minimum Gasteiger partial charge on any atom is -0.508 e. The van der Waals surface area contributed by atoms with Gasteiger partial charge in [0.2, 0.25) is 0 Å². The highest BCUT2D eigenvalue weighted by Gasteiger charge is 2.31. The van der Waals surface area contributed by atoms with Gasteiger partial charge in [-0.2, -0.15) is 5.48 Å². The summed E-state index contributed by atoms with van der Waals surface area (Å²) in [6.07, 6.45) is 2.41. The normalized spacial score (nSPS) is 24.3. The molecule has 2 aliphatic rings. The van der Waals surface area contributed by atoms with Gasteiger partial charge in [0.05, 0.1) is 12.5 Å². The van der Waals surface area contributed by atoms with Crippen molar-refractivity contribution >= 4 is 5.78 Å². The Kier molecular flexibility index (Phi) is 5.11. The van der Waals surface area contributed by atoms with Crippen LogP contribution >= 0.6 is 0 Å². The van der Waals surface area contributed by atoms with Crippen LogP contribution < -0.4 is 15.1 Å². The van der Waals surface area contributed by atoms with Gasteiger partial charge in [0.25, 0.3) is 0 Å². The maximum absolute atomic E-state index is 12.5. The van der Waals surface area contributed by atoms with Gasteiger partial charge in [0.15, 0.2) is 11.5 Å². The molecule has 1 aliphatic heterocycles. The number of carbonyl (C=O) groups excluding carboxylic acids is 1. The molecular formula is C21H23NO6. The second-order valence-corrected chi connectivity index (χ2v) is 7.37. The first kappa shape index (κ1) is 18.6. The molecule has 1 unspecified atom stereocenters. The molecule has 1 saturated carbocycles. The third-order valence-electron chi connectivity index (χ3n) is 5.28. The van der Waals surface area contributed by atoms with Crippen LogP contribution in [0.3, 0.4) is 0 Å². The third-order valence-corrected chi connectivity index (χ3v) is 5.28. The van der Waals surface area contributed by atoms with Crippen molar-refractivity contribution in [2.45, 2.75) is 50.4 Å². The Morgan fingerprint density at radius 1 is 1.04 bits per heavy atom. The van der Waals surface area contributed by atoms with Crippen LogP contribution in [-0.4, -0.2) is 33.2 Å². The lowest BCUT2D eigenvalue weighted by Gasteiger charge is -2.28. The lowest BCUT2D eigenvalue weighted by atomic mass is 9.94. The molecule has 0 amide bonds. The molecule has 0 bridgehead atoms. The molecule has 1 fully saturated rings. The van der Waals surface area contributed by atoms with Gasteiger partial charge in [-0.1, -0.05) is 12.1 Å². The molecule has 148 valence electrons. The van der Waals surface area contributed by atoms with Gasteiger partial charge in [-0.25, -0.2) is 0 Å². The molecule has 1 heterocycles. The molecule has 0 aromatic heterocycles. The van der Waals surface area contributed by atoms with Crippen molar-refractivity contribution in [3.05, 3.63) is 47.5 Å². The predicted molar refractivity (Wildman–Crippen MR) is 101 cm³/mol. The van der Waals surface area contributed by atoms with Gasteiger partial charge < -0.3 is 24.9 Å². The van der Waals surface area contributed by atoms with Gasteiger partial charge in [-0.05, 0) is 43.4 Å². The third kappa shape index (κ3) is 3.90. The Hall–Kier alpha value is -2.77. The van der Waals surface area contributed by atoms with E-state index in [4.69, 9.17) is 9.57 Å². The zero-order valence-corrected chi connectivity index (χ0v) is 15.3. The second kappa shape index (κ2) is 7.69. The fourth-order valence-corrected chi connectivity index (χ4v) is 3.69. The van der Waals surface area contributed by atoms with Crippen molar-refractivity contribution in [3.63, 3.8) is 0 Å². The van der Waals surface area contributed by atoms with E-state index in [-0.39, 0.29) is 47.2 Å². The monoisotopic (exact) mass is 385 g/mol. The molecule has 4 rings (SSSR count). The molecule has 0 saturated heterocycles. The van der Waals surface area contributed by atoms with Gasteiger partial charge in [-0.3, -0.25) is 4.79 Å². The quantitative estimate of drug-likeness (QED) is 0.599. The molecule has 7 nitrogen and oxygen atoms in total. The van der Waals surface area contributed by atoms with Gasteiger partial charge in [0, 0.05) is 18.2 Å². The predicted octanol–water partition coefficient (Wildman–Crippen LogP) is 2.99. The molecule has 0 radical (unpaired) electrons. The number of hydrogen-bond acceptors (Lipinski definition) is 7. The van der Waals surface area contributed by atoms with E-state index in [9.17, 15) is 20.1 Å². The topological polar surface area (TPSA) is 108 Å². The zero-order chi connectivity index (χ0) is 19.7. The number of Topliss-reactive ketones (excluding diaryl/α,β-unsaturated/α-hetero) is 1. The fourth-order valence-electron chi connectivity index (χ4n) is 3.69. The summed E-state index contributed by atoms with van der Waals surface area (Å²) in [4.78, 5) is 18.1. The first-order valence-corrected chi connectivity index (χ1v) is 9.46. The lowest BCUT2D eigenvalue weighted by Crippen LogP contribution is -2.36. The number of carbonyl (C=O) groups is 1. The van der Waals surface area contributed by atoms with E-state index < -0.39 is 6.10 Å². The number of aromatic hydroxyl groups is 2. The Balaban J connectivity index is 1.50. The number of phenolic OH excluding ortho intramolecular Hbond substituents is 2. The number of rotatable bonds is 4. The molecule has 4 N–H and O–H groups in total. The molecule has 1 aliphatic carbocycles. The Morgan fingerprint density at radius 3 is 2.46 bits per heavy atom. The van der Waals surface area contributed by atoms with E-state index >= 15 is 0 Å². The first-order chi connectivity index (χ1) is 13.5. The van der Waals surface area contributed by atoms with Crippen LogP contribution in [0.2, 0.25) is 0 Å². The Labute approximate surface area is 162 Å². The largest absolute Gasteiger partial charge is 0.508 e. The molecule has 2 aromatic carbocycles. The van der Waals surface area contributed by atoms with Gasteiger partial charge >= 0.3 is 0 Å². The minimum absolute atomic E-state index is 0.105. The molecule has 28 heavy (non-hydrogen) atoms. The van der Waals surface area contributed by atoms with Crippen LogP contribution in [0.5, 0.6) is 23.0 Å². The van der Waals surface area contributed by atoms with E-state index in [2.05, 4.69) is 5.48 Å². The van der Waals surface area contributed by atoms with Crippen molar-refractivity contribution in [2.75, 3.05) is 0 Å². The van der Waals surface area contributed by atoms with E-state index in [1.807, 2.05) is 0 Å². The van der Waals surface area contributed by atoms with Crippen molar-refractivity contribution in [3.8, 4) is 23.0 Å². The van der Waals surface area contributed by atoms with Crippen LogP contribution in [-0.2, 0) is 0 Å². The summed E-state index contributed by atoms with van der Waals surface area (Å²) in [5.41, 5.74) is 3.88. The zero-order valence-electron chi connectivity index (χ0n) is 15.3. The van der Waals surface area contributed by atoms with Crippen molar-refractivity contribution in [1.82, 2.24) is 5.48 Å². The van der Waals surface area contributed by atoms with Gasteiger partial charge in [-0.15, -0.1) is 0 Å². The van der Waals surface area contributed by atoms with Crippen LogP contribution in [0.15, 0.2) is 36.4 Å². The smallest absolute Gasteiger partial charge is 0.174 e. The van der Waals surface area contributed by atoms with E-state index in [0.29, 0.717) is 5.75 Å². The summed E-state index contributed by atoms with van der Waals surface area (Å²) >= 11 is 0. The van der Waals surface area contributed by atoms with E-state index in [0.717, 1.165) is 31.2 Å². The van der Waals surface area contributed by atoms with Crippen LogP contribution in [0.4, 0.5) is 0 Å². The maximum atomic E-state index is 12.5. The summed E-state index contributed by atoms with van der Waals surface area (Å²) in [7, 11) is 0. The van der Waals surface area contributed by atoms with Crippen molar-refractivity contribution in [1.29, 1.82) is 0 Å². The van der Waals surface area contributed by atoms with Crippen LogP contribution in [0, 0.1) is 0 Å². The standard InChI is InChI=1S/C21H23NO6/c23-14-5-1-12(2-6-14)19-11-18(26)21-17(25)9-16(10-20(21)27-19)28-22-13-3-7-15(24)8-4-13/h1-2,5-6,9-10,13,15,19,22-25H,3-4,7-8,11H2. The maximum Gasteiger partial charge on any atom is 0.174 e. The average Bonchev–Trinajstić information content (AvgIpc) is 2.67. The van der Waals surface area contributed by atoms with Gasteiger partial charge in [0.1, 0.15) is 28.9 Å². The molecule has 0 spiro atoms. The molecular weight excluding hydrogens is 362 g/mol. The van der Waals surface area contributed by atoms with E-state index in [1.54, 1.807) is 30.3 Å². The number of hydrogen-bond donors (Lipinski definition) is 4. The average molecular weight is 385 g/mol. The number of aliphatic hydroxyl groups excluding tert-OH is 1. The number of ether oxygens (including phenoxy) is 1. The summed E-state index contributed by atoms with van der Waals surface area (Å²) in [5, 5.41) is 29.3. The van der Waals surface area contributed by atoms with Crippen LogP contribution in [0.25, 0.3) is 0 Å². The molecule has 1 atom stereocenters. The number of ketones is 1. The highest BCUT2D eigenvalue weighted by atomic mass is 16.6. The molecule has 7 heteroatoms. The fraction of sp³-hybridized carbons (Fsp3) is 0.381. The number of aliphatic hydroxyl groups is 1. The summed E-state index contributed by atoms with van der Waals surface area (Å²) in [6, 6.07) is 9.60. The highest BCUT2D eigenvalue weighted by Crippen LogP contribution is 2.42. The summed E-state index contributed by atoms with van der Waals surface area (Å²) in [6.45, 7) is 0. The number of hydroxylamine groups is 1. The summed E-state index contributed by atoms with van der Waals surface area (Å²) in [5.74, 6) is 0.368. The number of nitrogens with one attached hydrogen (secondary N) is 1. The highest BCUT2D eigenvalue weighted by molar-refractivity contribution is 6.02. The van der Waals surface area contributed by atoms with Crippen molar-refractivity contribution in [2.24, 2.45) is 0 Å². The minimum atomic E-state index is -0.497. The molecule has 2 aromatic rings.